The SMILES string of the molecule is C#CCNCc1cnc(N)s1. The molecule has 0 fully saturated rings. The minimum Gasteiger partial charge on any atom is -0.375 e. The van der Waals surface area contributed by atoms with E-state index in [0.717, 1.165) is 11.4 Å². The van der Waals surface area contributed by atoms with Crippen molar-refractivity contribution in [2.45, 2.75) is 6.54 Å². The maximum Gasteiger partial charge on any atom is 0.180 e. The molecule has 1 aromatic heterocycles. The molecular weight excluding hydrogens is 158 g/mol. The molecule has 11 heavy (non-hydrogen) atoms. The number of hydrogen-bond acceptors (Lipinski definition) is 4. The van der Waals surface area contributed by atoms with Gasteiger partial charge < -0.3 is 11.1 Å². The summed E-state index contributed by atoms with van der Waals surface area (Å²) in [5, 5.41) is 3.64. The molecule has 0 spiro atoms. The Balaban J connectivity index is 2.34. The molecule has 0 atom stereocenters. The van der Waals surface area contributed by atoms with E-state index >= 15 is 0 Å². The predicted molar refractivity (Wildman–Crippen MR) is 47.1 cm³/mol. The molecule has 1 aromatic rings. The quantitative estimate of drug-likeness (QED) is 0.507. The topological polar surface area (TPSA) is 50.9 Å². The standard InChI is InChI=1S/C7H9N3S/c1-2-3-9-4-6-5-10-7(8)11-6/h1,5,9H,3-4H2,(H2,8,10). The van der Waals surface area contributed by atoms with Gasteiger partial charge in [0.1, 0.15) is 0 Å². The van der Waals surface area contributed by atoms with Crippen molar-refractivity contribution in [1.29, 1.82) is 0 Å². The number of terminal acetylenes is 1. The molecule has 0 aliphatic heterocycles. The van der Waals surface area contributed by atoms with E-state index in [0.29, 0.717) is 11.7 Å². The fraction of sp³-hybridized carbons (Fsp3) is 0.286. The zero-order valence-corrected chi connectivity index (χ0v) is 6.82. The highest BCUT2D eigenvalue weighted by molar-refractivity contribution is 7.15. The number of anilines is 1. The van der Waals surface area contributed by atoms with E-state index in [1.165, 1.54) is 11.3 Å². The molecule has 0 aliphatic carbocycles. The second-order valence-corrected chi connectivity index (χ2v) is 3.12. The minimum atomic E-state index is 0.581. The van der Waals surface area contributed by atoms with Crippen molar-refractivity contribution in [2.24, 2.45) is 0 Å². The van der Waals surface area contributed by atoms with E-state index in [1.807, 2.05) is 0 Å². The molecule has 1 heterocycles. The molecule has 0 saturated heterocycles. The highest BCUT2D eigenvalue weighted by Gasteiger charge is 1.95. The summed E-state index contributed by atoms with van der Waals surface area (Å²) in [4.78, 5) is 5.01. The fourth-order valence-electron chi connectivity index (χ4n) is 0.662. The van der Waals surface area contributed by atoms with E-state index in [-0.39, 0.29) is 0 Å². The van der Waals surface area contributed by atoms with Gasteiger partial charge in [-0.3, -0.25) is 0 Å². The van der Waals surface area contributed by atoms with E-state index in [9.17, 15) is 0 Å². The van der Waals surface area contributed by atoms with Crippen LogP contribution in [0, 0.1) is 12.3 Å². The smallest absolute Gasteiger partial charge is 0.180 e. The predicted octanol–water partition coefficient (Wildman–Crippen LogP) is 0.448. The Morgan fingerprint density at radius 2 is 2.64 bits per heavy atom. The van der Waals surface area contributed by atoms with E-state index in [1.54, 1.807) is 6.20 Å². The zero-order valence-electron chi connectivity index (χ0n) is 6.00. The van der Waals surface area contributed by atoms with Crippen molar-refractivity contribution in [3.63, 3.8) is 0 Å². The number of nitrogens with zero attached hydrogens (tertiary/aromatic N) is 1. The average Bonchev–Trinajstić information content (AvgIpc) is 2.37. The van der Waals surface area contributed by atoms with Crippen LogP contribution in [-0.4, -0.2) is 11.5 Å². The Hall–Kier alpha value is -1.05. The maximum atomic E-state index is 5.42. The van der Waals surface area contributed by atoms with Crippen molar-refractivity contribution in [2.75, 3.05) is 12.3 Å². The first-order valence-corrected chi connectivity index (χ1v) is 3.99. The Labute approximate surface area is 69.6 Å². The fourth-order valence-corrected chi connectivity index (χ4v) is 1.32. The van der Waals surface area contributed by atoms with Gasteiger partial charge in [-0.25, -0.2) is 4.98 Å². The number of nitrogen functional groups attached to an aromatic ring is 1. The molecule has 1 rings (SSSR count). The van der Waals surface area contributed by atoms with Gasteiger partial charge in [0, 0.05) is 17.6 Å². The highest BCUT2D eigenvalue weighted by atomic mass is 32.1. The second-order valence-electron chi connectivity index (χ2n) is 1.97. The van der Waals surface area contributed by atoms with Gasteiger partial charge in [0.05, 0.1) is 6.54 Å². The van der Waals surface area contributed by atoms with Crippen LogP contribution in [0.4, 0.5) is 5.13 Å². The Bertz CT molecular complexity index is 261. The summed E-state index contributed by atoms with van der Waals surface area (Å²) in [5.41, 5.74) is 5.42. The van der Waals surface area contributed by atoms with Crippen LogP contribution in [0.25, 0.3) is 0 Å². The average molecular weight is 167 g/mol. The summed E-state index contributed by atoms with van der Waals surface area (Å²) in [7, 11) is 0. The van der Waals surface area contributed by atoms with Crippen LogP contribution in [0.5, 0.6) is 0 Å². The molecule has 4 heteroatoms. The Morgan fingerprint density at radius 3 is 3.18 bits per heavy atom. The number of nitrogens with one attached hydrogen (secondary N) is 1. The lowest BCUT2D eigenvalue weighted by Crippen LogP contribution is -2.11. The first-order chi connectivity index (χ1) is 5.33. The van der Waals surface area contributed by atoms with Crippen LogP contribution in [0.2, 0.25) is 0 Å². The lowest BCUT2D eigenvalue weighted by molar-refractivity contribution is 0.779. The lowest BCUT2D eigenvalue weighted by atomic mass is 10.5. The summed E-state index contributed by atoms with van der Waals surface area (Å²) >= 11 is 1.47. The third kappa shape index (κ3) is 2.58. The van der Waals surface area contributed by atoms with E-state index < -0.39 is 0 Å². The summed E-state index contributed by atoms with van der Waals surface area (Å²) in [5.74, 6) is 2.49. The molecule has 58 valence electrons. The van der Waals surface area contributed by atoms with Crippen LogP contribution in [0.3, 0.4) is 0 Å². The molecule has 0 saturated carbocycles. The highest BCUT2D eigenvalue weighted by Crippen LogP contribution is 2.13. The van der Waals surface area contributed by atoms with Crippen LogP contribution < -0.4 is 11.1 Å². The van der Waals surface area contributed by atoms with Crippen LogP contribution in [0.1, 0.15) is 4.88 Å². The van der Waals surface area contributed by atoms with Gasteiger partial charge in [0.15, 0.2) is 5.13 Å². The normalized spacial score (nSPS) is 9.36. The molecular formula is C7H9N3S. The number of rotatable bonds is 3. The van der Waals surface area contributed by atoms with Gasteiger partial charge >= 0.3 is 0 Å². The third-order valence-corrected chi connectivity index (χ3v) is 1.92. The maximum absolute atomic E-state index is 5.42. The lowest BCUT2D eigenvalue weighted by Gasteiger charge is -1.93. The summed E-state index contributed by atoms with van der Waals surface area (Å²) in [6.07, 6.45) is 6.80. The third-order valence-electron chi connectivity index (χ3n) is 1.10. The van der Waals surface area contributed by atoms with E-state index in [2.05, 4.69) is 16.2 Å². The van der Waals surface area contributed by atoms with Crippen molar-refractivity contribution in [1.82, 2.24) is 10.3 Å². The van der Waals surface area contributed by atoms with Gasteiger partial charge in [0.25, 0.3) is 0 Å². The molecule has 3 nitrogen and oxygen atoms in total. The minimum absolute atomic E-state index is 0.581. The monoisotopic (exact) mass is 167 g/mol. The summed E-state index contributed by atoms with van der Waals surface area (Å²) in [6, 6.07) is 0. The molecule has 3 N–H and O–H groups in total. The number of aromatic nitrogens is 1. The first-order valence-electron chi connectivity index (χ1n) is 3.17. The van der Waals surface area contributed by atoms with E-state index in [4.69, 9.17) is 12.2 Å². The van der Waals surface area contributed by atoms with Crippen molar-refractivity contribution < 1.29 is 0 Å². The van der Waals surface area contributed by atoms with Crippen LogP contribution >= 0.6 is 11.3 Å². The van der Waals surface area contributed by atoms with Crippen molar-refractivity contribution in [3.8, 4) is 12.3 Å². The zero-order chi connectivity index (χ0) is 8.10. The second kappa shape index (κ2) is 3.96. The Morgan fingerprint density at radius 1 is 1.82 bits per heavy atom. The number of nitrogens with two attached hydrogens (primary N) is 1. The molecule has 0 aliphatic rings. The first kappa shape index (κ1) is 8.05. The van der Waals surface area contributed by atoms with Crippen LogP contribution in [-0.2, 0) is 6.54 Å². The summed E-state index contributed by atoms with van der Waals surface area (Å²) in [6.45, 7) is 1.33. The molecule has 0 bridgehead atoms. The number of thiazole rings is 1. The van der Waals surface area contributed by atoms with Crippen molar-refractivity contribution in [3.05, 3.63) is 11.1 Å². The molecule has 0 amide bonds. The Kier molecular flexibility index (Phi) is 2.90. The van der Waals surface area contributed by atoms with Crippen molar-refractivity contribution >= 4 is 16.5 Å². The summed E-state index contributed by atoms with van der Waals surface area (Å²) < 4.78 is 0. The van der Waals surface area contributed by atoms with Gasteiger partial charge in [-0.2, -0.15) is 0 Å². The van der Waals surface area contributed by atoms with Crippen LogP contribution in [0.15, 0.2) is 6.20 Å². The molecule has 0 aromatic carbocycles. The molecule has 0 unspecified atom stereocenters. The largest absolute Gasteiger partial charge is 0.375 e. The van der Waals surface area contributed by atoms with Gasteiger partial charge in [-0.05, 0) is 0 Å². The molecule has 0 radical (unpaired) electrons. The van der Waals surface area contributed by atoms with Gasteiger partial charge in [0.2, 0.25) is 0 Å². The number of hydrogen-bond donors (Lipinski definition) is 2. The van der Waals surface area contributed by atoms with Gasteiger partial charge in [-0.15, -0.1) is 17.8 Å². The van der Waals surface area contributed by atoms with Gasteiger partial charge in [-0.1, -0.05) is 5.92 Å².